The number of anilines is 1. The quantitative estimate of drug-likeness (QED) is 0.486. The third kappa shape index (κ3) is 5.44. The maximum absolute atomic E-state index is 12.9. The fraction of sp³-hybridized carbons (Fsp3) is 0.435. The highest BCUT2D eigenvalue weighted by molar-refractivity contribution is 7.17. The van der Waals surface area contributed by atoms with E-state index in [0.717, 1.165) is 29.7 Å². The van der Waals surface area contributed by atoms with Crippen LogP contribution in [-0.2, 0) is 22.5 Å². The Hall–Kier alpha value is -2.87. The molecule has 0 aliphatic carbocycles. The van der Waals surface area contributed by atoms with E-state index in [4.69, 9.17) is 9.47 Å². The Balaban J connectivity index is 1.80. The topological polar surface area (TPSA) is 84.9 Å². The first-order valence-corrected chi connectivity index (χ1v) is 11.3. The number of carbonyl (C=O) groups excluding carboxylic acids is 3. The van der Waals surface area contributed by atoms with E-state index in [1.165, 1.54) is 25.4 Å². The van der Waals surface area contributed by atoms with Crippen molar-refractivity contribution in [1.82, 2.24) is 4.90 Å². The summed E-state index contributed by atoms with van der Waals surface area (Å²) in [6.07, 6.45) is 3.73. The van der Waals surface area contributed by atoms with Crippen molar-refractivity contribution in [3.63, 3.8) is 0 Å². The van der Waals surface area contributed by atoms with Gasteiger partial charge in [-0.3, -0.25) is 9.59 Å². The van der Waals surface area contributed by atoms with Crippen molar-refractivity contribution in [2.45, 2.75) is 46.1 Å². The van der Waals surface area contributed by atoms with Gasteiger partial charge in [-0.05, 0) is 36.6 Å². The summed E-state index contributed by atoms with van der Waals surface area (Å²) in [7, 11) is 1.32. The summed E-state index contributed by atoms with van der Waals surface area (Å²) in [6, 6.07) is 7.00. The first kappa shape index (κ1) is 22.8. The molecular weight excluding hydrogens is 416 g/mol. The SMILES string of the molecule is CCCCCOc1cccc(C(=O)Nc2sc3c(c2C(=O)OC)CCN(C(C)=O)C3)c1. The minimum atomic E-state index is -0.489. The van der Waals surface area contributed by atoms with Crippen molar-refractivity contribution in [3.05, 3.63) is 45.8 Å². The molecule has 7 nitrogen and oxygen atoms in total. The number of rotatable bonds is 8. The zero-order chi connectivity index (χ0) is 22.4. The molecular formula is C23H28N2O5S. The van der Waals surface area contributed by atoms with Gasteiger partial charge in [0.1, 0.15) is 10.8 Å². The number of amides is 2. The van der Waals surface area contributed by atoms with E-state index in [0.29, 0.717) is 48.0 Å². The molecule has 8 heteroatoms. The lowest BCUT2D eigenvalue weighted by molar-refractivity contribution is -0.129. The molecule has 0 atom stereocenters. The third-order valence-corrected chi connectivity index (χ3v) is 6.36. The molecule has 1 aromatic carbocycles. The summed E-state index contributed by atoms with van der Waals surface area (Å²) in [5.41, 5.74) is 1.67. The highest BCUT2D eigenvalue weighted by atomic mass is 32.1. The number of methoxy groups -OCH3 is 1. The van der Waals surface area contributed by atoms with Crippen LogP contribution in [-0.4, -0.2) is 42.9 Å². The summed E-state index contributed by atoms with van der Waals surface area (Å²) in [4.78, 5) is 39.7. The number of fused-ring (bicyclic) bond motifs is 1. The number of carbonyl (C=O) groups is 3. The average Bonchev–Trinajstić information content (AvgIpc) is 3.13. The fourth-order valence-electron chi connectivity index (χ4n) is 3.52. The number of thiophene rings is 1. The molecule has 0 spiro atoms. The van der Waals surface area contributed by atoms with Crippen molar-refractivity contribution < 1.29 is 23.9 Å². The summed E-state index contributed by atoms with van der Waals surface area (Å²) in [6.45, 7) is 5.23. The van der Waals surface area contributed by atoms with Crippen LogP contribution in [0.5, 0.6) is 5.75 Å². The van der Waals surface area contributed by atoms with Gasteiger partial charge in [0.2, 0.25) is 5.91 Å². The molecule has 31 heavy (non-hydrogen) atoms. The Labute approximate surface area is 186 Å². The molecule has 1 N–H and O–H groups in total. The van der Waals surface area contributed by atoms with Crippen molar-refractivity contribution in [1.29, 1.82) is 0 Å². The number of ether oxygens (including phenoxy) is 2. The Morgan fingerprint density at radius 2 is 2.03 bits per heavy atom. The van der Waals surface area contributed by atoms with Gasteiger partial charge in [0, 0.05) is 23.9 Å². The van der Waals surface area contributed by atoms with Crippen molar-refractivity contribution in [3.8, 4) is 5.75 Å². The lowest BCUT2D eigenvalue weighted by Crippen LogP contribution is -2.33. The summed E-state index contributed by atoms with van der Waals surface area (Å²) >= 11 is 1.32. The van der Waals surface area contributed by atoms with Crippen LogP contribution in [0.2, 0.25) is 0 Å². The monoisotopic (exact) mass is 444 g/mol. The van der Waals surface area contributed by atoms with E-state index in [9.17, 15) is 14.4 Å². The molecule has 1 aliphatic rings. The van der Waals surface area contributed by atoms with Gasteiger partial charge < -0.3 is 19.7 Å². The molecule has 0 radical (unpaired) electrons. The Bertz CT molecular complexity index is 969. The molecule has 2 amide bonds. The number of hydrogen-bond acceptors (Lipinski definition) is 6. The summed E-state index contributed by atoms with van der Waals surface area (Å²) in [5.74, 6) is -0.192. The highest BCUT2D eigenvalue weighted by Gasteiger charge is 2.30. The maximum atomic E-state index is 12.9. The molecule has 0 fully saturated rings. The average molecular weight is 445 g/mol. The number of benzene rings is 1. The van der Waals surface area contributed by atoms with Crippen molar-refractivity contribution in [2.24, 2.45) is 0 Å². The van der Waals surface area contributed by atoms with Crippen LogP contribution >= 0.6 is 11.3 Å². The smallest absolute Gasteiger partial charge is 0.341 e. The van der Waals surface area contributed by atoms with E-state index in [2.05, 4.69) is 12.2 Å². The zero-order valence-corrected chi connectivity index (χ0v) is 19.0. The molecule has 2 aromatic rings. The lowest BCUT2D eigenvalue weighted by Gasteiger charge is -2.25. The van der Waals surface area contributed by atoms with Crippen LogP contribution in [0.4, 0.5) is 5.00 Å². The summed E-state index contributed by atoms with van der Waals surface area (Å²) < 4.78 is 10.7. The molecule has 2 heterocycles. The summed E-state index contributed by atoms with van der Waals surface area (Å²) in [5, 5.41) is 3.31. The minimum absolute atomic E-state index is 0.0139. The molecule has 0 unspecified atom stereocenters. The predicted octanol–water partition coefficient (Wildman–Crippen LogP) is 4.26. The number of nitrogens with one attached hydrogen (secondary N) is 1. The van der Waals surface area contributed by atoms with E-state index in [1.54, 1.807) is 23.1 Å². The van der Waals surface area contributed by atoms with E-state index >= 15 is 0 Å². The molecule has 3 rings (SSSR count). The van der Waals surface area contributed by atoms with Crippen LogP contribution in [0, 0.1) is 0 Å². The van der Waals surface area contributed by atoms with Gasteiger partial charge in [-0.2, -0.15) is 0 Å². The molecule has 166 valence electrons. The van der Waals surface area contributed by atoms with Crippen LogP contribution in [0.25, 0.3) is 0 Å². The van der Waals surface area contributed by atoms with Gasteiger partial charge in [-0.25, -0.2) is 4.79 Å². The third-order valence-electron chi connectivity index (χ3n) is 5.23. The van der Waals surface area contributed by atoms with Gasteiger partial charge in [0.05, 0.1) is 25.8 Å². The maximum Gasteiger partial charge on any atom is 0.341 e. The highest BCUT2D eigenvalue weighted by Crippen LogP contribution is 2.38. The fourth-order valence-corrected chi connectivity index (χ4v) is 4.77. The van der Waals surface area contributed by atoms with Gasteiger partial charge in [0.25, 0.3) is 5.91 Å². The van der Waals surface area contributed by atoms with Gasteiger partial charge in [-0.1, -0.05) is 25.8 Å². The van der Waals surface area contributed by atoms with Crippen LogP contribution in [0.15, 0.2) is 24.3 Å². The van der Waals surface area contributed by atoms with Crippen LogP contribution < -0.4 is 10.1 Å². The van der Waals surface area contributed by atoms with Gasteiger partial charge in [0.15, 0.2) is 0 Å². The van der Waals surface area contributed by atoms with Crippen molar-refractivity contribution in [2.75, 3.05) is 25.6 Å². The second kappa shape index (κ2) is 10.4. The van der Waals surface area contributed by atoms with Crippen molar-refractivity contribution >= 4 is 34.1 Å². The number of nitrogens with zero attached hydrogens (tertiary/aromatic N) is 1. The molecule has 0 saturated carbocycles. The lowest BCUT2D eigenvalue weighted by atomic mass is 10.0. The Kier molecular flexibility index (Phi) is 7.68. The van der Waals surface area contributed by atoms with E-state index in [1.807, 2.05) is 6.07 Å². The molecule has 0 saturated heterocycles. The zero-order valence-electron chi connectivity index (χ0n) is 18.2. The number of hydrogen-bond donors (Lipinski definition) is 1. The standard InChI is InChI=1S/C23H28N2O5S/c1-4-5-6-12-30-17-9-7-8-16(13-17)21(27)24-22-20(23(28)29-3)18-10-11-25(15(2)26)14-19(18)31-22/h7-9,13H,4-6,10-12,14H2,1-3H3,(H,24,27). The largest absolute Gasteiger partial charge is 0.494 e. The second-order valence-electron chi connectivity index (χ2n) is 7.43. The van der Waals surface area contributed by atoms with Gasteiger partial charge in [-0.15, -0.1) is 11.3 Å². The molecule has 1 aliphatic heterocycles. The van der Waals surface area contributed by atoms with E-state index in [-0.39, 0.29) is 11.8 Å². The first-order valence-electron chi connectivity index (χ1n) is 10.5. The second-order valence-corrected chi connectivity index (χ2v) is 8.53. The number of esters is 1. The Morgan fingerprint density at radius 3 is 2.74 bits per heavy atom. The minimum Gasteiger partial charge on any atom is -0.494 e. The van der Waals surface area contributed by atoms with Gasteiger partial charge >= 0.3 is 5.97 Å². The molecule has 1 aromatic heterocycles. The Morgan fingerprint density at radius 1 is 1.23 bits per heavy atom. The number of unbranched alkanes of at least 4 members (excludes halogenated alkanes) is 2. The first-order chi connectivity index (χ1) is 14.9. The molecule has 0 bridgehead atoms. The van der Waals surface area contributed by atoms with E-state index < -0.39 is 5.97 Å². The van der Waals surface area contributed by atoms with Crippen LogP contribution in [0.1, 0.15) is 64.3 Å². The van der Waals surface area contributed by atoms with Crippen LogP contribution in [0.3, 0.4) is 0 Å². The normalized spacial score (nSPS) is 12.8. The predicted molar refractivity (Wildman–Crippen MR) is 120 cm³/mol.